The van der Waals surface area contributed by atoms with Crippen LogP contribution in [0, 0.1) is 6.92 Å². The highest BCUT2D eigenvalue weighted by Gasteiger charge is 2.14. The summed E-state index contributed by atoms with van der Waals surface area (Å²) in [5, 5.41) is 13.8. The van der Waals surface area contributed by atoms with Crippen molar-refractivity contribution in [1.82, 2.24) is 25.1 Å². The molecule has 0 spiro atoms. The number of hydrogen-bond donors (Lipinski definition) is 2. The third-order valence-corrected chi connectivity index (χ3v) is 3.86. The van der Waals surface area contributed by atoms with E-state index in [0.29, 0.717) is 11.4 Å². The van der Waals surface area contributed by atoms with E-state index >= 15 is 0 Å². The number of aromatic nitrogens is 4. The van der Waals surface area contributed by atoms with Crippen LogP contribution in [0.4, 0.5) is 0 Å². The minimum Gasteiger partial charge on any atom is -0.351 e. The zero-order valence-electron chi connectivity index (χ0n) is 11.8. The van der Waals surface area contributed by atoms with Crippen LogP contribution in [-0.2, 0) is 12.8 Å². The number of hydrogen-bond acceptors (Lipinski definition) is 5. The van der Waals surface area contributed by atoms with E-state index in [4.69, 9.17) is 0 Å². The summed E-state index contributed by atoms with van der Waals surface area (Å²) >= 11 is 1.17. The SMILES string of the molecule is CCCc1nnsc1C(=O)NCCCc1cn[nH]c1C. The molecule has 2 rings (SSSR count). The molecule has 1 amide bonds. The van der Waals surface area contributed by atoms with Gasteiger partial charge < -0.3 is 5.32 Å². The second-order valence-corrected chi connectivity index (χ2v) is 5.43. The lowest BCUT2D eigenvalue weighted by Gasteiger charge is -2.04. The Bertz CT molecular complexity index is 563. The van der Waals surface area contributed by atoms with Crippen molar-refractivity contribution >= 4 is 17.4 Å². The van der Waals surface area contributed by atoms with E-state index in [1.807, 2.05) is 13.1 Å². The van der Waals surface area contributed by atoms with Crippen LogP contribution in [0.3, 0.4) is 0 Å². The molecule has 0 saturated heterocycles. The van der Waals surface area contributed by atoms with Crippen LogP contribution in [0.15, 0.2) is 6.20 Å². The van der Waals surface area contributed by atoms with Gasteiger partial charge in [-0.15, -0.1) is 5.10 Å². The zero-order chi connectivity index (χ0) is 14.4. The number of nitrogens with zero attached hydrogens (tertiary/aromatic N) is 3. The largest absolute Gasteiger partial charge is 0.351 e. The number of nitrogens with one attached hydrogen (secondary N) is 2. The molecule has 20 heavy (non-hydrogen) atoms. The molecule has 7 heteroatoms. The summed E-state index contributed by atoms with van der Waals surface area (Å²) < 4.78 is 3.86. The average molecular weight is 293 g/mol. The molecule has 0 radical (unpaired) electrons. The van der Waals surface area contributed by atoms with Crippen molar-refractivity contribution in [2.24, 2.45) is 0 Å². The van der Waals surface area contributed by atoms with E-state index in [1.165, 1.54) is 17.1 Å². The highest BCUT2D eigenvalue weighted by molar-refractivity contribution is 7.08. The zero-order valence-corrected chi connectivity index (χ0v) is 12.6. The predicted octanol–water partition coefficient (Wildman–Crippen LogP) is 1.88. The summed E-state index contributed by atoms with van der Waals surface area (Å²) in [6.45, 7) is 4.71. The van der Waals surface area contributed by atoms with Gasteiger partial charge in [0.1, 0.15) is 4.88 Å². The molecule has 0 saturated carbocycles. The van der Waals surface area contributed by atoms with Gasteiger partial charge >= 0.3 is 0 Å². The van der Waals surface area contributed by atoms with Crippen molar-refractivity contribution < 1.29 is 4.79 Å². The van der Waals surface area contributed by atoms with Crippen molar-refractivity contribution in [2.45, 2.75) is 39.5 Å². The summed E-state index contributed by atoms with van der Waals surface area (Å²) in [4.78, 5) is 12.7. The first-order valence-corrected chi connectivity index (χ1v) is 7.58. The summed E-state index contributed by atoms with van der Waals surface area (Å²) in [7, 11) is 0. The monoisotopic (exact) mass is 293 g/mol. The second kappa shape index (κ2) is 7.14. The lowest BCUT2D eigenvalue weighted by Crippen LogP contribution is -2.25. The highest BCUT2D eigenvalue weighted by atomic mass is 32.1. The van der Waals surface area contributed by atoms with Gasteiger partial charge in [0.2, 0.25) is 0 Å². The quantitative estimate of drug-likeness (QED) is 0.764. The van der Waals surface area contributed by atoms with Crippen LogP contribution < -0.4 is 5.32 Å². The van der Waals surface area contributed by atoms with E-state index in [-0.39, 0.29) is 5.91 Å². The molecular formula is C13H19N5OS. The second-order valence-electron chi connectivity index (χ2n) is 4.68. The first-order valence-electron chi connectivity index (χ1n) is 6.80. The minimum atomic E-state index is -0.0626. The van der Waals surface area contributed by atoms with Gasteiger partial charge in [-0.25, -0.2) is 0 Å². The molecule has 108 valence electrons. The van der Waals surface area contributed by atoms with Crippen molar-refractivity contribution in [1.29, 1.82) is 0 Å². The molecule has 2 N–H and O–H groups in total. The average Bonchev–Trinajstić information content (AvgIpc) is 3.04. The molecule has 2 aromatic rings. The fraction of sp³-hybridized carbons (Fsp3) is 0.538. The molecule has 6 nitrogen and oxygen atoms in total. The third-order valence-electron chi connectivity index (χ3n) is 3.09. The maximum absolute atomic E-state index is 12.0. The standard InChI is InChI=1S/C13H19N5OS/c1-3-5-11-12(20-18-17-11)13(19)14-7-4-6-10-8-15-16-9(10)2/h8H,3-7H2,1-2H3,(H,14,19)(H,15,16). The Balaban J connectivity index is 1.77. The maximum Gasteiger partial charge on any atom is 0.264 e. The van der Waals surface area contributed by atoms with Gasteiger partial charge in [0.25, 0.3) is 5.91 Å². The van der Waals surface area contributed by atoms with Gasteiger partial charge in [0.15, 0.2) is 0 Å². The maximum atomic E-state index is 12.0. The van der Waals surface area contributed by atoms with Gasteiger partial charge in [-0.2, -0.15) is 5.10 Å². The molecule has 0 fully saturated rings. The fourth-order valence-electron chi connectivity index (χ4n) is 1.97. The Morgan fingerprint density at radius 3 is 3.00 bits per heavy atom. The van der Waals surface area contributed by atoms with E-state index in [9.17, 15) is 4.79 Å². The lowest BCUT2D eigenvalue weighted by molar-refractivity contribution is 0.0956. The van der Waals surface area contributed by atoms with Gasteiger partial charge in [-0.1, -0.05) is 17.8 Å². The molecule has 0 bridgehead atoms. The summed E-state index contributed by atoms with van der Waals surface area (Å²) in [5.74, 6) is -0.0626. The van der Waals surface area contributed by atoms with Crippen molar-refractivity contribution in [2.75, 3.05) is 6.54 Å². The molecule has 0 aromatic carbocycles. The van der Waals surface area contributed by atoms with Crippen molar-refractivity contribution in [3.05, 3.63) is 28.0 Å². The molecule has 0 aliphatic carbocycles. The normalized spacial score (nSPS) is 10.7. The van der Waals surface area contributed by atoms with Gasteiger partial charge in [0, 0.05) is 12.2 Å². The topological polar surface area (TPSA) is 83.6 Å². The number of aromatic amines is 1. The number of H-pyrrole nitrogens is 1. The summed E-state index contributed by atoms with van der Waals surface area (Å²) in [6, 6.07) is 0. The van der Waals surface area contributed by atoms with Crippen LogP contribution in [0.25, 0.3) is 0 Å². The first kappa shape index (κ1) is 14.6. The van der Waals surface area contributed by atoms with Crippen LogP contribution in [0.5, 0.6) is 0 Å². The Hall–Kier alpha value is -1.76. The molecular weight excluding hydrogens is 274 g/mol. The highest BCUT2D eigenvalue weighted by Crippen LogP contribution is 2.12. The smallest absolute Gasteiger partial charge is 0.264 e. The number of carbonyl (C=O) groups is 1. The van der Waals surface area contributed by atoms with E-state index < -0.39 is 0 Å². The van der Waals surface area contributed by atoms with Crippen LogP contribution in [0.1, 0.15) is 46.4 Å². The number of amides is 1. The Labute approximate surface area is 122 Å². The van der Waals surface area contributed by atoms with E-state index in [0.717, 1.165) is 37.1 Å². The lowest BCUT2D eigenvalue weighted by atomic mass is 10.1. The third kappa shape index (κ3) is 3.63. The number of carbonyl (C=O) groups excluding carboxylic acids is 1. The molecule has 0 atom stereocenters. The predicted molar refractivity (Wildman–Crippen MR) is 77.9 cm³/mol. The summed E-state index contributed by atoms with van der Waals surface area (Å²) in [5.41, 5.74) is 3.10. The van der Waals surface area contributed by atoms with Crippen LogP contribution in [-0.4, -0.2) is 32.2 Å². The fourth-order valence-corrected chi connectivity index (χ4v) is 2.59. The molecule has 0 aliphatic heterocycles. The van der Waals surface area contributed by atoms with Gasteiger partial charge in [0.05, 0.1) is 11.9 Å². The minimum absolute atomic E-state index is 0.0626. The van der Waals surface area contributed by atoms with Crippen LogP contribution in [0.2, 0.25) is 0 Å². The van der Waals surface area contributed by atoms with Crippen LogP contribution >= 0.6 is 11.5 Å². The first-order chi connectivity index (χ1) is 9.72. The Kier molecular flexibility index (Phi) is 5.23. The van der Waals surface area contributed by atoms with E-state index in [2.05, 4.69) is 32.0 Å². The van der Waals surface area contributed by atoms with E-state index in [1.54, 1.807) is 0 Å². The Morgan fingerprint density at radius 2 is 2.30 bits per heavy atom. The molecule has 2 heterocycles. The number of rotatable bonds is 7. The summed E-state index contributed by atoms with van der Waals surface area (Å²) in [6.07, 6.45) is 5.40. The molecule has 0 aliphatic rings. The van der Waals surface area contributed by atoms with Crippen molar-refractivity contribution in [3.8, 4) is 0 Å². The molecule has 2 aromatic heterocycles. The van der Waals surface area contributed by atoms with Gasteiger partial charge in [-0.3, -0.25) is 9.89 Å². The Morgan fingerprint density at radius 1 is 1.45 bits per heavy atom. The molecule has 0 unspecified atom stereocenters. The van der Waals surface area contributed by atoms with Gasteiger partial charge in [-0.05, 0) is 43.3 Å². The number of aryl methyl sites for hydroxylation is 3. The van der Waals surface area contributed by atoms with Crippen molar-refractivity contribution in [3.63, 3.8) is 0 Å².